The van der Waals surface area contributed by atoms with E-state index in [-0.39, 0.29) is 15.5 Å². The summed E-state index contributed by atoms with van der Waals surface area (Å²) in [6, 6.07) is 5.55. The summed E-state index contributed by atoms with van der Waals surface area (Å²) in [6.45, 7) is 6.87. The van der Waals surface area contributed by atoms with Crippen LogP contribution in [0.4, 0.5) is 5.69 Å². The molecule has 0 saturated heterocycles. The van der Waals surface area contributed by atoms with E-state index in [2.05, 4.69) is 14.9 Å². The number of aromatic nitrogens is 3. The van der Waals surface area contributed by atoms with Crippen LogP contribution in [0.5, 0.6) is 0 Å². The molecule has 0 unspecified atom stereocenters. The Hall–Kier alpha value is -2.70. The van der Waals surface area contributed by atoms with Crippen molar-refractivity contribution in [3.05, 3.63) is 46.4 Å². The van der Waals surface area contributed by atoms with Crippen molar-refractivity contribution in [1.29, 1.82) is 0 Å². The smallest absolute Gasteiger partial charge is 0.284 e. The average Bonchev–Trinajstić information content (AvgIpc) is 3.19. The van der Waals surface area contributed by atoms with Gasteiger partial charge in [-0.25, -0.2) is 13.1 Å². The molecule has 2 heterocycles. The molecule has 30 heavy (non-hydrogen) atoms. The maximum Gasteiger partial charge on any atom is 0.284 e. The standard InChI is InChI=1S/C18H21N5O5S2/c1-11-13(8-9-28-11)16-19-20-17(22(16)5)29-15-7-6-12(10-14(15)23(24)25)30(26,27)21-18(2,3)4/h6-10,21H,1-5H3. The van der Waals surface area contributed by atoms with Crippen molar-refractivity contribution in [2.75, 3.05) is 0 Å². The van der Waals surface area contributed by atoms with Crippen LogP contribution in [0.25, 0.3) is 11.4 Å². The van der Waals surface area contributed by atoms with Gasteiger partial charge in [0.2, 0.25) is 10.0 Å². The lowest BCUT2D eigenvalue weighted by atomic mass is 10.1. The van der Waals surface area contributed by atoms with Crippen molar-refractivity contribution < 1.29 is 17.8 Å². The Bertz CT molecular complexity index is 1210. The van der Waals surface area contributed by atoms with Gasteiger partial charge in [0.15, 0.2) is 11.0 Å². The van der Waals surface area contributed by atoms with Gasteiger partial charge < -0.3 is 8.98 Å². The van der Waals surface area contributed by atoms with Gasteiger partial charge in [-0.2, -0.15) is 0 Å². The molecule has 3 rings (SSSR count). The highest BCUT2D eigenvalue weighted by atomic mass is 32.2. The highest BCUT2D eigenvalue weighted by Crippen LogP contribution is 2.36. The number of benzene rings is 1. The van der Waals surface area contributed by atoms with Crippen molar-refractivity contribution in [2.45, 2.75) is 48.2 Å². The van der Waals surface area contributed by atoms with Crippen LogP contribution >= 0.6 is 11.8 Å². The summed E-state index contributed by atoms with van der Waals surface area (Å²) in [5.74, 6) is 1.23. The van der Waals surface area contributed by atoms with E-state index >= 15 is 0 Å². The zero-order valence-electron chi connectivity index (χ0n) is 17.0. The molecule has 0 saturated carbocycles. The molecule has 160 valence electrons. The molecular weight excluding hydrogens is 430 g/mol. The molecule has 0 bridgehead atoms. The van der Waals surface area contributed by atoms with Gasteiger partial charge in [0.05, 0.1) is 26.5 Å². The van der Waals surface area contributed by atoms with E-state index in [4.69, 9.17) is 4.42 Å². The van der Waals surface area contributed by atoms with Gasteiger partial charge in [-0.15, -0.1) is 10.2 Å². The molecule has 1 aromatic carbocycles. The van der Waals surface area contributed by atoms with Crippen LogP contribution < -0.4 is 4.72 Å². The average molecular weight is 452 g/mol. The number of sulfonamides is 1. The van der Waals surface area contributed by atoms with Crippen LogP contribution in [-0.4, -0.2) is 33.6 Å². The van der Waals surface area contributed by atoms with Crippen LogP contribution in [0.2, 0.25) is 0 Å². The Balaban J connectivity index is 1.97. The first kappa shape index (κ1) is 22.0. The maximum atomic E-state index is 12.5. The Morgan fingerprint density at radius 3 is 2.50 bits per heavy atom. The summed E-state index contributed by atoms with van der Waals surface area (Å²) in [7, 11) is -2.17. The van der Waals surface area contributed by atoms with Crippen molar-refractivity contribution in [2.24, 2.45) is 7.05 Å². The van der Waals surface area contributed by atoms with Gasteiger partial charge in [-0.05, 0) is 57.7 Å². The van der Waals surface area contributed by atoms with Crippen LogP contribution in [-0.2, 0) is 17.1 Å². The first-order chi connectivity index (χ1) is 13.9. The number of hydrogen-bond acceptors (Lipinski definition) is 8. The third-order valence-electron chi connectivity index (χ3n) is 4.01. The molecule has 0 aliphatic rings. The Labute approximate surface area is 177 Å². The minimum atomic E-state index is -3.91. The number of nitro benzene ring substituents is 1. The lowest BCUT2D eigenvalue weighted by Gasteiger charge is -2.20. The third-order valence-corrected chi connectivity index (χ3v) is 6.87. The molecule has 0 aliphatic carbocycles. The summed E-state index contributed by atoms with van der Waals surface area (Å²) >= 11 is 1.03. The summed E-state index contributed by atoms with van der Waals surface area (Å²) in [6.07, 6.45) is 1.54. The van der Waals surface area contributed by atoms with Crippen LogP contribution in [0.3, 0.4) is 0 Å². The Kier molecular flexibility index (Phi) is 5.76. The normalized spacial score (nSPS) is 12.3. The van der Waals surface area contributed by atoms with Gasteiger partial charge in [0.25, 0.3) is 5.69 Å². The van der Waals surface area contributed by atoms with Crippen molar-refractivity contribution in [1.82, 2.24) is 19.5 Å². The second-order valence-electron chi connectivity index (χ2n) is 7.60. The Morgan fingerprint density at radius 1 is 1.23 bits per heavy atom. The number of rotatable bonds is 6. The predicted molar refractivity (Wildman–Crippen MR) is 111 cm³/mol. The quantitative estimate of drug-likeness (QED) is 0.444. The molecule has 0 fully saturated rings. The lowest BCUT2D eigenvalue weighted by molar-refractivity contribution is -0.388. The molecule has 0 aliphatic heterocycles. The van der Waals surface area contributed by atoms with E-state index in [0.29, 0.717) is 16.7 Å². The molecule has 0 radical (unpaired) electrons. The molecule has 10 nitrogen and oxygen atoms in total. The number of aryl methyl sites for hydroxylation is 1. The van der Waals surface area contributed by atoms with Gasteiger partial charge in [-0.3, -0.25) is 10.1 Å². The van der Waals surface area contributed by atoms with E-state index in [1.807, 2.05) is 0 Å². The molecular formula is C18H21N5O5S2. The highest BCUT2D eigenvalue weighted by Gasteiger charge is 2.26. The van der Waals surface area contributed by atoms with Crippen LogP contribution in [0, 0.1) is 17.0 Å². The van der Waals surface area contributed by atoms with Crippen LogP contribution in [0.1, 0.15) is 26.5 Å². The van der Waals surface area contributed by atoms with Gasteiger partial charge >= 0.3 is 0 Å². The molecule has 1 N–H and O–H groups in total. The largest absolute Gasteiger partial charge is 0.469 e. The molecule has 2 aromatic heterocycles. The van der Waals surface area contributed by atoms with Crippen LogP contribution in [0.15, 0.2) is 49.9 Å². The van der Waals surface area contributed by atoms with Gasteiger partial charge in [0.1, 0.15) is 5.76 Å². The Morgan fingerprint density at radius 2 is 1.93 bits per heavy atom. The van der Waals surface area contributed by atoms with Crippen molar-refractivity contribution >= 4 is 27.5 Å². The fourth-order valence-corrected chi connectivity index (χ4v) is 5.02. The summed E-state index contributed by atoms with van der Waals surface area (Å²) in [4.78, 5) is 11.1. The number of hydrogen-bond donors (Lipinski definition) is 1. The maximum absolute atomic E-state index is 12.5. The summed E-state index contributed by atoms with van der Waals surface area (Å²) < 4.78 is 34.5. The number of furan rings is 1. The third kappa shape index (κ3) is 4.55. The second kappa shape index (κ2) is 7.85. The molecule has 12 heteroatoms. The molecule has 0 atom stereocenters. The fraction of sp³-hybridized carbons (Fsp3) is 0.333. The monoisotopic (exact) mass is 451 g/mol. The van der Waals surface area contributed by atoms with E-state index in [0.717, 1.165) is 23.4 Å². The first-order valence-corrected chi connectivity index (χ1v) is 11.1. The summed E-state index contributed by atoms with van der Waals surface area (Å²) in [5, 5.41) is 20.3. The number of nitrogens with zero attached hydrogens (tertiary/aromatic N) is 4. The van der Waals surface area contributed by atoms with Gasteiger partial charge in [-0.1, -0.05) is 0 Å². The lowest BCUT2D eigenvalue weighted by Crippen LogP contribution is -2.40. The van der Waals surface area contributed by atoms with E-state index in [1.54, 1.807) is 51.6 Å². The molecule has 0 amide bonds. The first-order valence-electron chi connectivity index (χ1n) is 8.83. The fourth-order valence-electron chi connectivity index (χ4n) is 2.71. The zero-order valence-corrected chi connectivity index (χ0v) is 18.7. The topological polar surface area (TPSA) is 133 Å². The highest BCUT2D eigenvalue weighted by molar-refractivity contribution is 7.99. The molecule has 3 aromatic rings. The number of nitrogens with one attached hydrogen (secondary N) is 1. The second-order valence-corrected chi connectivity index (χ2v) is 10.3. The van der Waals surface area contributed by atoms with E-state index < -0.39 is 20.5 Å². The van der Waals surface area contributed by atoms with E-state index in [1.165, 1.54) is 12.1 Å². The SMILES string of the molecule is Cc1occc1-c1nnc(Sc2ccc(S(=O)(=O)NC(C)(C)C)cc2[N+](=O)[O-])n1C. The van der Waals surface area contributed by atoms with Gasteiger partial charge in [0, 0.05) is 18.7 Å². The molecule has 0 spiro atoms. The zero-order chi connectivity index (χ0) is 22.3. The van der Waals surface area contributed by atoms with E-state index in [9.17, 15) is 18.5 Å². The van der Waals surface area contributed by atoms with Crippen molar-refractivity contribution in [3.8, 4) is 11.4 Å². The number of nitro groups is 1. The minimum Gasteiger partial charge on any atom is -0.469 e. The summed E-state index contributed by atoms with van der Waals surface area (Å²) in [5.41, 5.74) is -0.289. The minimum absolute atomic E-state index is 0.179. The predicted octanol–water partition coefficient (Wildman–Crippen LogP) is 3.52. The van der Waals surface area contributed by atoms with Crippen molar-refractivity contribution in [3.63, 3.8) is 0 Å².